The minimum Gasteiger partial charge on any atom is -0.337 e. The zero-order chi connectivity index (χ0) is 18.2. The Morgan fingerprint density at radius 2 is 2.04 bits per heavy atom. The van der Waals surface area contributed by atoms with E-state index in [4.69, 9.17) is 0 Å². The Labute approximate surface area is 160 Å². The summed E-state index contributed by atoms with van der Waals surface area (Å²) in [6.45, 7) is 2.29. The van der Waals surface area contributed by atoms with Crippen LogP contribution in [0.3, 0.4) is 0 Å². The van der Waals surface area contributed by atoms with Gasteiger partial charge in [-0.25, -0.2) is 13.1 Å². The summed E-state index contributed by atoms with van der Waals surface area (Å²) in [7, 11) is -1.85. The monoisotopic (exact) mass is 442 g/mol. The first-order valence-electron chi connectivity index (χ1n) is 7.89. The van der Waals surface area contributed by atoms with Crippen LogP contribution in [0.15, 0.2) is 39.0 Å². The van der Waals surface area contributed by atoms with Gasteiger partial charge >= 0.3 is 0 Å². The quantitative estimate of drug-likeness (QED) is 0.743. The number of nitrogens with zero attached hydrogens (tertiary/aromatic N) is 1. The number of hydrogen-bond acceptors (Lipinski definition) is 4. The van der Waals surface area contributed by atoms with Gasteiger partial charge in [-0.05, 0) is 65.5 Å². The first-order chi connectivity index (χ1) is 11.8. The van der Waals surface area contributed by atoms with Gasteiger partial charge in [0.05, 0.1) is 15.2 Å². The van der Waals surface area contributed by atoms with E-state index in [1.165, 1.54) is 6.07 Å². The van der Waals surface area contributed by atoms with Gasteiger partial charge in [0.2, 0.25) is 10.0 Å². The van der Waals surface area contributed by atoms with Crippen molar-refractivity contribution in [2.24, 2.45) is 0 Å². The van der Waals surface area contributed by atoms with Crippen LogP contribution in [0, 0.1) is 6.92 Å². The number of benzene rings is 1. The molecule has 8 heteroatoms. The van der Waals surface area contributed by atoms with Crippen LogP contribution < -0.4 is 4.72 Å². The first-order valence-corrected chi connectivity index (χ1v) is 11.0. The van der Waals surface area contributed by atoms with Crippen molar-refractivity contribution in [3.8, 4) is 0 Å². The van der Waals surface area contributed by atoms with Gasteiger partial charge in [-0.15, -0.1) is 11.3 Å². The predicted molar refractivity (Wildman–Crippen MR) is 102 cm³/mol. The van der Waals surface area contributed by atoms with E-state index in [1.54, 1.807) is 35.4 Å². The third-order valence-corrected chi connectivity index (χ3v) is 7.14. The lowest BCUT2D eigenvalue weighted by molar-refractivity contribution is 0.0785. The number of rotatable bonds is 6. The van der Waals surface area contributed by atoms with Crippen molar-refractivity contribution >= 4 is 43.2 Å². The molecular weight excluding hydrogens is 424 g/mol. The smallest absolute Gasteiger partial charge is 0.254 e. The Hall–Kier alpha value is -1.22. The normalized spacial score (nSPS) is 14.5. The third kappa shape index (κ3) is 4.49. The van der Waals surface area contributed by atoms with E-state index >= 15 is 0 Å². The number of nitrogens with one attached hydrogen (secondary N) is 1. The number of aryl methyl sites for hydroxylation is 1. The summed E-state index contributed by atoms with van der Waals surface area (Å²) >= 11 is 4.98. The molecule has 0 atom stereocenters. The molecule has 1 heterocycles. The molecule has 0 unspecified atom stereocenters. The van der Waals surface area contributed by atoms with Crippen LogP contribution in [0.25, 0.3) is 0 Å². The molecule has 0 bridgehead atoms. The van der Waals surface area contributed by atoms with Gasteiger partial charge < -0.3 is 4.90 Å². The lowest BCUT2D eigenvalue weighted by Crippen LogP contribution is -2.28. The van der Waals surface area contributed by atoms with Crippen LogP contribution in [-0.2, 0) is 16.6 Å². The second-order valence-corrected chi connectivity index (χ2v) is 10.5. The average molecular weight is 443 g/mol. The summed E-state index contributed by atoms with van der Waals surface area (Å²) in [6.07, 6.45) is 1.74. The molecule has 2 aromatic rings. The third-order valence-electron chi connectivity index (χ3n) is 4.02. The van der Waals surface area contributed by atoms with Crippen molar-refractivity contribution in [1.29, 1.82) is 0 Å². The molecule has 0 aliphatic heterocycles. The highest BCUT2D eigenvalue weighted by atomic mass is 79.9. The van der Waals surface area contributed by atoms with Gasteiger partial charge in [0.15, 0.2) is 0 Å². The molecule has 0 spiro atoms. The fourth-order valence-electron chi connectivity index (χ4n) is 2.44. The zero-order valence-electron chi connectivity index (χ0n) is 14.0. The van der Waals surface area contributed by atoms with Crippen LogP contribution in [0.2, 0.25) is 0 Å². The maximum atomic E-state index is 12.8. The van der Waals surface area contributed by atoms with Crippen LogP contribution >= 0.6 is 27.3 Å². The molecule has 1 aromatic carbocycles. The minimum atomic E-state index is -3.58. The number of halogens is 1. The number of hydrogen-bond donors (Lipinski definition) is 1. The van der Waals surface area contributed by atoms with Crippen molar-refractivity contribution in [2.45, 2.75) is 37.2 Å². The SMILES string of the molecule is Cc1ccc(S(=O)(=O)NC2CC2)cc1C(=O)N(C)Cc1ccc(Br)s1. The van der Waals surface area contributed by atoms with E-state index in [0.29, 0.717) is 12.1 Å². The fraction of sp³-hybridized carbons (Fsp3) is 0.353. The molecule has 134 valence electrons. The summed E-state index contributed by atoms with van der Waals surface area (Å²) < 4.78 is 28.4. The van der Waals surface area contributed by atoms with Crippen LogP contribution in [0.5, 0.6) is 0 Å². The van der Waals surface area contributed by atoms with Crippen LogP contribution in [-0.4, -0.2) is 32.3 Å². The van der Waals surface area contributed by atoms with Crippen molar-refractivity contribution in [3.05, 3.63) is 50.1 Å². The predicted octanol–water partition coefficient (Wildman–Crippen LogP) is 3.53. The van der Waals surface area contributed by atoms with E-state index < -0.39 is 10.0 Å². The summed E-state index contributed by atoms with van der Waals surface area (Å²) in [4.78, 5) is 15.6. The molecule has 1 fully saturated rings. The van der Waals surface area contributed by atoms with Crippen molar-refractivity contribution in [3.63, 3.8) is 0 Å². The lowest BCUT2D eigenvalue weighted by Gasteiger charge is -2.18. The highest BCUT2D eigenvalue weighted by Gasteiger charge is 2.28. The molecule has 25 heavy (non-hydrogen) atoms. The molecule has 1 aromatic heterocycles. The van der Waals surface area contributed by atoms with Gasteiger partial charge in [-0.3, -0.25) is 4.79 Å². The molecule has 3 rings (SSSR count). The molecule has 5 nitrogen and oxygen atoms in total. The number of carbonyl (C=O) groups excluding carboxylic acids is 1. The second-order valence-electron chi connectivity index (χ2n) is 6.24. The largest absolute Gasteiger partial charge is 0.337 e. The summed E-state index contributed by atoms with van der Waals surface area (Å²) in [5, 5.41) is 0. The van der Waals surface area contributed by atoms with Crippen molar-refractivity contribution < 1.29 is 13.2 Å². The standard InChI is InChI=1S/C17H19BrN2O3S2/c1-11-3-7-14(25(22,23)19-12-4-5-12)9-15(11)17(21)20(2)10-13-6-8-16(18)24-13/h3,6-9,12,19H,4-5,10H2,1-2H3. The molecule has 1 aliphatic carbocycles. The van der Waals surface area contributed by atoms with E-state index in [2.05, 4.69) is 20.7 Å². The summed E-state index contributed by atoms with van der Waals surface area (Å²) in [6, 6.07) is 8.65. The minimum absolute atomic E-state index is 0.0328. The lowest BCUT2D eigenvalue weighted by atomic mass is 10.1. The van der Waals surface area contributed by atoms with Gasteiger partial charge in [0.1, 0.15) is 0 Å². The van der Waals surface area contributed by atoms with Gasteiger partial charge in [-0.2, -0.15) is 0 Å². The highest BCUT2D eigenvalue weighted by Crippen LogP contribution is 2.25. The summed E-state index contributed by atoms with van der Waals surface area (Å²) in [5.41, 5.74) is 1.17. The van der Waals surface area contributed by atoms with Gasteiger partial charge in [0.25, 0.3) is 5.91 Å². The molecule has 1 saturated carbocycles. The number of amides is 1. The Balaban J connectivity index is 1.82. The Bertz CT molecular complexity index is 904. The van der Waals surface area contributed by atoms with Crippen molar-refractivity contribution in [2.75, 3.05) is 7.05 Å². The van der Waals surface area contributed by atoms with Crippen molar-refractivity contribution in [1.82, 2.24) is 9.62 Å². The van der Waals surface area contributed by atoms with E-state index in [9.17, 15) is 13.2 Å². The molecule has 0 radical (unpaired) electrons. The number of sulfonamides is 1. The topological polar surface area (TPSA) is 66.5 Å². The number of carbonyl (C=O) groups is 1. The molecule has 1 aliphatic rings. The van der Waals surface area contributed by atoms with Gasteiger partial charge in [-0.1, -0.05) is 6.07 Å². The average Bonchev–Trinajstić information content (AvgIpc) is 3.26. The molecule has 1 N–H and O–H groups in total. The van der Waals surface area contributed by atoms with E-state index in [0.717, 1.165) is 27.1 Å². The summed E-state index contributed by atoms with van der Waals surface area (Å²) in [5.74, 6) is -0.189. The Kier molecular flexibility index (Phi) is 5.34. The van der Waals surface area contributed by atoms with E-state index in [-0.39, 0.29) is 16.8 Å². The Morgan fingerprint density at radius 3 is 2.64 bits per heavy atom. The second kappa shape index (κ2) is 7.19. The first kappa shape index (κ1) is 18.6. The maximum Gasteiger partial charge on any atom is 0.254 e. The molecule has 0 saturated heterocycles. The van der Waals surface area contributed by atoms with Crippen LogP contribution in [0.1, 0.15) is 33.6 Å². The Morgan fingerprint density at radius 1 is 1.32 bits per heavy atom. The number of thiophene rings is 1. The van der Waals surface area contributed by atoms with Crippen LogP contribution in [0.4, 0.5) is 0 Å². The maximum absolute atomic E-state index is 12.8. The zero-order valence-corrected chi connectivity index (χ0v) is 17.2. The van der Waals surface area contributed by atoms with E-state index in [1.807, 2.05) is 19.1 Å². The molecular formula is C17H19BrN2O3S2. The molecule has 1 amide bonds. The highest BCUT2D eigenvalue weighted by molar-refractivity contribution is 9.11. The van der Waals surface area contributed by atoms with Gasteiger partial charge in [0, 0.05) is 23.5 Å². The fourth-order valence-corrected chi connectivity index (χ4v) is 5.30.